The Balaban J connectivity index is 1.58. The van der Waals surface area contributed by atoms with E-state index in [1.165, 1.54) is 17.4 Å². The van der Waals surface area contributed by atoms with Crippen molar-refractivity contribution in [1.82, 2.24) is 10.6 Å². The van der Waals surface area contributed by atoms with Gasteiger partial charge in [-0.15, -0.1) is 0 Å². The molecular formula is C24H28N4O2. The van der Waals surface area contributed by atoms with E-state index in [9.17, 15) is 4.79 Å². The molecular weight excluding hydrogens is 376 g/mol. The van der Waals surface area contributed by atoms with Crippen molar-refractivity contribution < 1.29 is 9.21 Å². The van der Waals surface area contributed by atoms with Crippen molar-refractivity contribution in [3.63, 3.8) is 0 Å². The summed E-state index contributed by atoms with van der Waals surface area (Å²) in [6.07, 6.45) is 2.49. The molecule has 0 bridgehead atoms. The Bertz CT molecular complexity index is 963. The molecule has 0 aliphatic heterocycles. The van der Waals surface area contributed by atoms with Crippen LogP contribution in [0.4, 0.5) is 5.69 Å². The molecule has 0 atom stereocenters. The topological polar surface area (TPSA) is 78.7 Å². The number of nitrogens with one attached hydrogen (secondary N) is 3. The van der Waals surface area contributed by atoms with E-state index in [4.69, 9.17) is 4.42 Å². The van der Waals surface area contributed by atoms with Gasteiger partial charge in [0.25, 0.3) is 5.91 Å². The zero-order valence-corrected chi connectivity index (χ0v) is 17.4. The van der Waals surface area contributed by atoms with Crippen LogP contribution in [0.25, 0.3) is 0 Å². The predicted octanol–water partition coefficient (Wildman–Crippen LogP) is 4.35. The van der Waals surface area contributed by atoms with E-state index >= 15 is 0 Å². The van der Waals surface area contributed by atoms with Crippen LogP contribution >= 0.6 is 0 Å². The molecule has 0 unspecified atom stereocenters. The summed E-state index contributed by atoms with van der Waals surface area (Å²) >= 11 is 0. The van der Waals surface area contributed by atoms with Crippen molar-refractivity contribution in [2.24, 2.45) is 4.99 Å². The molecule has 3 N–H and O–H groups in total. The number of nitrogens with zero attached hydrogens (tertiary/aromatic N) is 1. The minimum absolute atomic E-state index is 0.267. The van der Waals surface area contributed by atoms with E-state index in [1.54, 1.807) is 12.1 Å². The van der Waals surface area contributed by atoms with Crippen LogP contribution in [-0.4, -0.2) is 18.4 Å². The van der Waals surface area contributed by atoms with E-state index in [0.717, 1.165) is 31.0 Å². The zero-order valence-electron chi connectivity index (χ0n) is 17.4. The van der Waals surface area contributed by atoms with Gasteiger partial charge in [-0.3, -0.25) is 4.79 Å². The Labute approximate surface area is 177 Å². The lowest BCUT2D eigenvalue weighted by Gasteiger charge is -2.13. The third kappa shape index (κ3) is 5.98. The minimum Gasteiger partial charge on any atom is -0.459 e. The Morgan fingerprint density at radius 3 is 2.37 bits per heavy atom. The number of furan rings is 1. The lowest BCUT2D eigenvalue weighted by molar-refractivity contribution is 0.0996. The summed E-state index contributed by atoms with van der Waals surface area (Å²) in [5.74, 6) is 0.796. The summed E-state index contributed by atoms with van der Waals surface area (Å²) < 4.78 is 5.10. The van der Waals surface area contributed by atoms with Gasteiger partial charge in [0.1, 0.15) is 0 Å². The van der Waals surface area contributed by atoms with Crippen molar-refractivity contribution in [3.8, 4) is 0 Å². The zero-order chi connectivity index (χ0) is 21.2. The van der Waals surface area contributed by atoms with Crippen molar-refractivity contribution in [3.05, 3.63) is 89.4 Å². The summed E-state index contributed by atoms with van der Waals surface area (Å²) in [5.41, 5.74) is 4.39. The monoisotopic (exact) mass is 404 g/mol. The van der Waals surface area contributed by atoms with E-state index in [0.29, 0.717) is 12.2 Å². The van der Waals surface area contributed by atoms with Crippen LogP contribution < -0.4 is 16.0 Å². The van der Waals surface area contributed by atoms with Gasteiger partial charge < -0.3 is 20.4 Å². The number of guanidine groups is 1. The summed E-state index contributed by atoms with van der Waals surface area (Å²) in [6, 6.07) is 19.4. The van der Waals surface area contributed by atoms with E-state index in [-0.39, 0.29) is 11.7 Å². The Hall–Kier alpha value is -3.54. The highest BCUT2D eigenvalue weighted by Gasteiger charge is 2.08. The van der Waals surface area contributed by atoms with Crippen molar-refractivity contribution in [2.45, 2.75) is 33.4 Å². The lowest BCUT2D eigenvalue weighted by Crippen LogP contribution is -2.37. The summed E-state index contributed by atoms with van der Waals surface area (Å²) in [6.45, 7) is 6.27. The van der Waals surface area contributed by atoms with Crippen molar-refractivity contribution in [2.75, 3.05) is 11.9 Å². The molecule has 0 aliphatic carbocycles. The van der Waals surface area contributed by atoms with Crippen LogP contribution in [0, 0.1) is 0 Å². The molecule has 1 aromatic heterocycles. The van der Waals surface area contributed by atoms with Gasteiger partial charge in [-0.25, -0.2) is 4.99 Å². The average molecular weight is 405 g/mol. The Morgan fingerprint density at radius 1 is 0.933 bits per heavy atom. The van der Waals surface area contributed by atoms with Gasteiger partial charge in [0.2, 0.25) is 0 Å². The summed E-state index contributed by atoms with van der Waals surface area (Å²) in [4.78, 5) is 16.7. The third-order valence-electron chi connectivity index (χ3n) is 4.67. The standard InChI is InChI=1S/C24H28N4O2/c1-3-19-8-5-6-9-20(19)17-27-24(25-4-2)26-16-18-11-13-21(14-12-18)28-23(29)22-10-7-15-30-22/h5-15H,3-4,16-17H2,1-2H3,(H,28,29)(H2,25,26,27). The number of rotatable bonds is 8. The van der Waals surface area contributed by atoms with Gasteiger partial charge in [-0.2, -0.15) is 0 Å². The lowest BCUT2D eigenvalue weighted by atomic mass is 10.1. The second-order valence-corrected chi connectivity index (χ2v) is 6.80. The average Bonchev–Trinajstić information content (AvgIpc) is 3.32. The van der Waals surface area contributed by atoms with Gasteiger partial charge in [0.05, 0.1) is 12.8 Å². The van der Waals surface area contributed by atoms with Gasteiger partial charge in [0, 0.05) is 18.8 Å². The number of anilines is 1. The highest BCUT2D eigenvalue weighted by molar-refractivity contribution is 6.02. The molecule has 6 heteroatoms. The number of carbonyl (C=O) groups is 1. The number of benzene rings is 2. The molecule has 0 spiro atoms. The fraction of sp³-hybridized carbons (Fsp3) is 0.250. The van der Waals surface area contributed by atoms with Crippen LogP contribution in [0.3, 0.4) is 0 Å². The van der Waals surface area contributed by atoms with Gasteiger partial charge >= 0.3 is 0 Å². The number of hydrogen-bond acceptors (Lipinski definition) is 3. The third-order valence-corrected chi connectivity index (χ3v) is 4.67. The second-order valence-electron chi connectivity index (χ2n) is 6.80. The largest absolute Gasteiger partial charge is 0.459 e. The minimum atomic E-state index is -0.267. The normalized spacial score (nSPS) is 11.2. The van der Waals surface area contributed by atoms with Crippen LogP contribution in [0.5, 0.6) is 0 Å². The maximum Gasteiger partial charge on any atom is 0.291 e. The van der Waals surface area contributed by atoms with Gasteiger partial charge in [-0.1, -0.05) is 43.3 Å². The number of aliphatic imine (C=N–C) groups is 1. The first kappa shape index (κ1) is 21.2. The smallest absolute Gasteiger partial charge is 0.291 e. The van der Waals surface area contributed by atoms with Crippen LogP contribution in [-0.2, 0) is 19.5 Å². The first-order valence-corrected chi connectivity index (χ1v) is 10.2. The van der Waals surface area contributed by atoms with E-state index < -0.39 is 0 Å². The highest BCUT2D eigenvalue weighted by Crippen LogP contribution is 2.13. The van der Waals surface area contributed by atoms with Crippen molar-refractivity contribution in [1.29, 1.82) is 0 Å². The predicted molar refractivity (Wildman–Crippen MR) is 121 cm³/mol. The molecule has 156 valence electrons. The molecule has 0 fully saturated rings. The first-order valence-electron chi connectivity index (χ1n) is 10.2. The maximum atomic E-state index is 12.0. The number of amides is 1. The maximum absolute atomic E-state index is 12.0. The molecule has 0 radical (unpaired) electrons. The molecule has 1 heterocycles. The SMILES string of the molecule is CCNC(=NCc1ccc(NC(=O)c2ccco2)cc1)NCc1ccccc1CC. The van der Waals surface area contributed by atoms with Crippen LogP contribution in [0.2, 0.25) is 0 Å². The number of carbonyl (C=O) groups excluding carboxylic acids is 1. The molecule has 30 heavy (non-hydrogen) atoms. The molecule has 2 aromatic carbocycles. The second kappa shape index (κ2) is 10.9. The fourth-order valence-electron chi connectivity index (χ4n) is 3.06. The molecule has 1 amide bonds. The van der Waals surface area contributed by atoms with E-state index in [2.05, 4.69) is 52.1 Å². The number of hydrogen-bond donors (Lipinski definition) is 3. The molecule has 0 saturated heterocycles. The van der Waals surface area contributed by atoms with Crippen LogP contribution in [0.1, 0.15) is 41.1 Å². The molecule has 3 aromatic rings. The summed E-state index contributed by atoms with van der Waals surface area (Å²) in [5, 5.41) is 9.50. The molecule has 0 saturated carbocycles. The fourth-order valence-corrected chi connectivity index (χ4v) is 3.06. The molecule has 0 aliphatic rings. The van der Waals surface area contributed by atoms with E-state index in [1.807, 2.05) is 31.2 Å². The number of aryl methyl sites for hydroxylation is 1. The Morgan fingerprint density at radius 2 is 1.70 bits per heavy atom. The Kier molecular flexibility index (Phi) is 7.66. The van der Waals surface area contributed by atoms with Crippen molar-refractivity contribution >= 4 is 17.6 Å². The highest BCUT2D eigenvalue weighted by atomic mass is 16.3. The summed E-state index contributed by atoms with van der Waals surface area (Å²) in [7, 11) is 0. The first-order chi connectivity index (χ1) is 14.7. The molecule has 3 rings (SSSR count). The molecule has 6 nitrogen and oxygen atoms in total. The van der Waals surface area contributed by atoms with Gasteiger partial charge in [-0.05, 0) is 54.3 Å². The van der Waals surface area contributed by atoms with Crippen LogP contribution in [0.15, 0.2) is 76.3 Å². The van der Waals surface area contributed by atoms with Gasteiger partial charge in [0.15, 0.2) is 11.7 Å². The quantitative estimate of drug-likeness (QED) is 0.385.